The molecule has 1 saturated heterocycles. The summed E-state index contributed by atoms with van der Waals surface area (Å²) in [6.07, 6.45) is 3.12. The quantitative estimate of drug-likeness (QED) is 0.289. The molecule has 1 aliphatic heterocycles. The number of benzene rings is 1. The minimum Gasteiger partial charge on any atom is -0.475 e. The second-order valence-electron chi connectivity index (χ2n) is 10.1. The monoisotopic (exact) mass is 625 g/mol. The van der Waals surface area contributed by atoms with Gasteiger partial charge in [0.15, 0.2) is 0 Å². The number of carbonyl (C=O) groups excluding carboxylic acids is 1. The van der Waals surface area contributed by atoms with Gasteiger partial charge in [-0.15, -0.1) is 0 Å². The van der Waals surface area contributed by atoms with E-state index in [1.165, 1.54) is 0 Å². The van der Waals surface area contributed by atoms with Gasteiger partial charge in [-0.2, -0.15) is 18.3 Å². The molecule has 3 aromatic rings. The van der Waals surface area contributed by atoms with Crippen molar-refractivity contribution < 1.29 is 32.6 Å². The fourth-order valence-electron chi connectivity index (χ4n) is 4.82. The summed E-state index contributed by atoms with van der Waals surface area (Å²) in [5.41, 5.74) is 1.83. The third-order valence-corrected chi connectivity index (χ3v) is 7.20. The maximum absolute atomic E-state index is 13.3. The number of alkyl halides is 3. The fraction of sp³-hybridized carbons (Fsp3) is 0.483. The average molecular weight is 626 g/mol. The molecule has 3 heterocycles. The number of hydrogen-bond donors (Lipinski definition) is 2. The van der Waals surface area contributed by atoms with Gasteiger partial charge in [0.2, 0.25) is 5.91 Å². The van der Waals surface area contributed by atoms with E-state index in [0.29, 0.717) is 42.9 Å². The van der Waals surface area contributed by atoms with Gasteiger partial charge in [-0.05, 0) is 56.0 Å². The van der Waals surface area contributed by atoms with Crippen LogP contribution in [0.2, 0.25) is 5.02 Å². The highest BCUT2D eigenvalue weighted by Crippen LogP contribution is 2.21. The highest BCUT2D eigenvalue weighted by atomic mass is 35.5. The number of aliphatic carboxylic acids is 1. The second kappa shape index (κ2) is 16.3. The van der Waals surface area contributed by atoms with Crippen LogP contribution in [0.5, 0.6) is 0 Å². The Kier molecular flexibility index (Phi) is 12.9. The molecular formula is C29H35ClF3N5O5. The van der Waals surface area contributed by atoms with Crippen molar-refractivity contribution in [1.82, 2.24) is 25.0 Å². The largest absolute Gasteiger partial charge is 0.490 e. The summed E-state index contributed by atoms with van der Waals surface area (Å²) in [5, 5.41) is 17.0. The number of ether oxygens (including phenoxy) is 1. The average Bonchev–Trinajstić information content (AvgIpc) is 3.41. The van der Waals surface area contributed by atoms with Crippen LogP contribution in [0.25, 0.3) is 10.8 Å². The topological polar surface area (TPSA) is 127 Å². The van der Waals surface area contributed by atoms with Gasteiger partial charge in [0, 0.05) is 68.5 Å². The summed E-state index contributed by atoms with van der Waals surface area (Å²) in [7, 11) is 1.64. The first-order chi connectivity index (χ1) is 20.5. The smallest absolute Gasteiger partial charge is 0.475 e. The van der Waals surface area contributed by atoms with Crippen LogP contribution in [-0.2, 0) is 27.3 Å². The van der Waals surface area contributed by atoms with E-state index >= 15 is 0 Å². The number of amides is 1. The van der Waals surface area contributed by atoms with E-state index in [0.717, 1.165) is 55.4 Å². The molecule has 1 aromatic carbocycles. The number of nitrogens with one attached hydrogen (secondary N) is 1. The molecular weight excluding hydrogens is 591 g/mol. The molecule has 0 bridgehead atoms. The predicted molar refractivity (Wildman–Crippen MR) is 155 cm³/mol. The number of carboxylic acid groups (broad SMARTS) is 1. The van der Waals surface area contributed by atoms with Gasteiger partial charge in [0.1, 0.15) is 0 Å². The third-order valence-electron chi connectivity index (χ3n) is 6.94. The van der Waals surface area contributed by atoms with Crippen molar-refractivity contribution in [2.45, 2.75) is 57.3 Å². The molecule has 14 heteroatoms. The lowest BCUT2D eigenvalue weighted by Crippen LogP contribution is -2.39. The van der Waals surface area contributed by atoms with E-state index in [1.54, 1.807) is 30.3 Å². The minimum atomic E-state index is -5.08. The van der Waals surface area contributed by atoms with E-state index in [1.807, 2.05) is 24.3 Å². The van der Waals surface area contributed by atoms with Crippen LogP contribution in [0.4, 0.5) is 13.2 Å². The highest BCUT2D eigenvalue weighted by molar-refractivity contribution is 6.30. The van der Waals surface area contributed by atoms with Crippen molar-refractivity contribution in [3.8, 4) is 0 Å². The Hall–Kier alpha value is -3.55. The number of methoxy groups -OCH3 is 1. The van der Waals surface area contributed by atoms with Crippen molar-refractivity contribution in [3.05, 3.63) is 69.4 Å². The molecule has 4 rings (SSSR count). The Morgan fingerprint density at radius 2 is 1.88 bits per heavy atom. The zero-order chi connectivity index (χ0) is 31.4. The SMILES string of the molecule is COCCCC(=O)NCCCN1CCC[C@@H]1Cn1nc(Cc2ccc(Cl)cc2)c2cnccc2c1=O.O=C(O)C(F)(F)F. The van der Waals surface area contributed by atoms with Gasteiger partial charge >= 0.3 is 12.1 Å². The Labute approximate surface area is 251 Å². The summed E-state index contributed by atoms with van der Waals surface area (Å²) in [5.74, 6) is -2.69. The van der Waals surface area contributed by atoms with Crippen LogP contribution >= 0.6 is 11.6 Å². The lowest BCUT2D eigenvalue weighted by Gasteiger charge is -2.25. The molecule has 0 saturated carbocycles. The Morgan fingerprint density at radius 1 is 1.16 bits per heavy atom. The molecule has 1 atom stereocenters. The molecule has 43 heavy (non-hydrogen) atoms. The van der Waals surface area contributed by atoms with Gasteiger partial charge in [-0.25, -0.2) is 9.48 Å². The van der Waals surface area contributed by atoms with Crippen LogP contribution in [0.15, 0.2) is 47.5 Å². The number of halogens is 4. The summed E-state index contributed by atoms with van der Waals surface area (Å²) in [6.45, 7) is 3.68. The Balaban J connectivity index is 0.000000646. The molecule has 234 valence electrons. The number of rotatable bonds is 12. The van der Waals surface area contributed by atoms with Crippen molar-refractivity contribution >= 4 is 34.2 Å². The predicted octanol–water partition coefficient (Wildman–Crippen LogP) is 4.07. The summed E-state index contributed by atoms with van der Waals surface area (Å²) >= 11 is 6.05. The number of fused-ring (bicyclic) bond motifs is 1. The molecule has 0 aliphatic carbocycles. The van der Waals surface area contributed by atoms with Gasteiger partial charge in [0.25, 0.3) is 5.56 Å². The minimum absolute atomic E-state index is 0.0691. The number of pyridine rings is 1. The normalized spacial score (nSPS) is 15.2. The van der Waals surface area contributed by atoms with E-state index in [-0.39, 0.29) is 17.5 Å². The van der Waals surface area contributed by atoms with Crippen molar-refractivity contribution in [2.75, 3.05) is 33.4 Å². The van der Waals surface area contributed by atoms with Gasteiger partial charge in [0.05, 0.1) is 17.6 Å². The van der Waals surface area contributed by atoms with Gasteiger partial charge in [-0.1, -0.05) is 23.7 Å². The standard InChI is InChI=1S/C27H34ClN5O3.C2HF3O2/c1-36-16-3-6-26(34)30-12-4-15-32-14-2-5-22(32)19-33-27(35)23-11-13-29-18-24(23)25(31-33)17-20-7-9-21(28)10-8-20;3-2(4,5)1(6)7/h7-11,13,18,22H,2-6,12,14-17,19H2,1H3,(H,30,34);(H,6,7)/t22-;/m1./s1. The van der Waals surface area contributed by atoms with E-state index in [9.17, 15) is 22.8 Å². The van der Waals surface area contributed by atoms with Crippen molar-refractivity contribution in [1.29, 1.82) is 0 Å². The van der Waals surface area contributed by atoms with Gasteiger partial charge < -0.3 is 15.2 Å². The van der Waals surface area contributed by atoms with Crippen LogP contribution in [-0.4, -0.2) is 82.2 Å². The molecule has 2 N–H and O–H groups in total. The van der Waals surface area contributed by atoms with E-state index in [4.69, 9.17) is 31.3 Å². The molecule has 0 unspecified atom stereocenters. The first kappa shape index (κ1) is 33.9. The Bertz CT molecular complexity index is 1420. The van der Waals surface area contributed by atoms with Crippen LogP contribution < -0.4 is 10.9 Å². The zero-order valence-corrected chi connectivity index (χ0v) is 24.5. The zero-order valence-electron chi connectivity index (χ0n) is 23.8. The summed E-state index contributed by atoms with van der Waals surface area (Å²) in [6, 6.07) is 9.73. The molecule has 1 amide bonds. The lowest BCUT2D eigenvalue weighted by molar-refractivity contribution is -0.192. The molecule has 0 radical (unpaired) electrons. The van der Waals surface area contributed by atoms with E-state index < -0.39 is 12.1 Å². The molecule has 1 aliphatic rings. The summed E-state index contributed by atoms with van der Waals surface area (Å²) in [4.78, 5) is 40.8. The van der Waals surface area contributed by atoms with Crippen LogP contribution in [0, 0.1) is 0 Å². The van der Waals surface area contributed by atoms with Gasteiger partial charge in [-0.3, -0.25) is 19.5 Å². The molecule has 2 aromatic heterocycles. The number of aromatic nitrogens is 3. The van der Waals surface area contributed by atoms with Crippen LogP contribution in [0.1, 0.15) is 43.4 Å². The first-order valence-corrected chi connectivity index (χ1v) is 14.3. The lowest BCUT2D eigenvalue weighted by atomic mass is 10.1. The number of nitrogens with zero attached hydrogens (tertiary/aromatic N) is 4. The second-order valence-corrected chi connectivity index (χ2v) is 10.5. The fourth-order valence-corrected chi connectivity index (χ4v) is 4.94. The first-order valence-electron chi connectivity index (χ1n) is 13.9. The number of carbonyl (C=O) groups is 2. The van der Waals surface area contributed by atoms with Crippen molar-refractivity contribution in [2.24, 2.45) is 0 Å². The molecule has 10 nitrogen and oxygen atoms in total. The number of carboxylic acids is 1. The maximum atomic E-state index is 13.3. The van der Waals surface area contributed by atoms with E-state index in [2.05, 4.69) is 15.2 Å². The number of hydrogen-bond acceptors (Lipinski definition) is 7. The summed E-state index contributed by atoms with van der Waals surface area (Å²) < 4.78 is 38.4. The molecule has 0 spiro atoms. The highest BCUT2D eigenvalue weighted by Gasteiger charge is 2.38. The number of likely N-dealkylation sites (tertiary alicyclic amines) is 1. The maximum Gasteiger partial charge on any atom is 0.490 e. The Morgan fingerprint density at radius 3 is 2.56 bits per heavy atom. The molecule has 1 fully saturated rings. The van der Waals surface area contributed by atoms with Crippen molar-refractivity contribution in [3.63, 3.8) is 0 Å². The van der Waals surface area contributed by atoms with Crippen LogP contribution in [0.3, 0.4) is 0 Å². The third kappa shape index (κ3) is 10.6.